The van der Waals surface area contributed by atoms with Crippen molar-refractivity contribution >= 4 is 27.8 Å². The van der Waals surface area contributed by atoms with Crippen molar-refractivity contribution in [3.05, 3.63) is 23.9 Å². The quantitative estimate of drug-likeness (QED) is 0.570. The number of nitrogens with zero attached hydrogens (tertiary/aromatic N) is 1. The number of carbonyl (C=O) groups is 2. The van der Waals surface area contributed by atoms with Gasteiger partial charge in [0.25, 0.3) is 10.1 Å². The lowest BCUT2D eigenvalue weighted by Gasteiger charge is -2.23. The summed E-state index contributed by atoms with van der Waals surface area (Å²) in [7, 11) is -3.57. The summed E-state index contributed by atoms with van der Waals surface area (Å²) in [5.41, 5.74) is 0.507. The lowest BCUT2D eigenvalue weighted by molar-refractivity contribution is -0.133. The van der Waals surface area contributed by atoms with E-state index in [1.807, 2.05) is 0 Å². The van der Waals surface area contributed by atoms with Crippen LogP contribution in [0.1, 0.15) is 18.4 Å². The first-order valence-corrected chi connectivity index (χ1v) is 8.05. The van der Waals surface area contributed by atoms with E-state index in [2.05, 4.69) is 15.6 Å². The molecule has 1 atom stereocenters. The van der Waals surface area contributed by atoms with E-state index in [0.29, 0.717) is 17.8 Å². The zero-order valence-electron chi connectivity index (χ0n) is 11.3. The van der Waals surface area contributed by atoms with E-state index in [4.69, 9.17) is 4.18 Å². The smallest absolute Gasteiger partial charge is 0.264 e. The van der Waals surface area contributed by atoms with Crippen molar-refractivity contribution in [3.63, 3.8) is 0 Å². The van der Waals surface area contributed by atoms with Gasteiger partial charge in [-0.3, -0.25) is 19.1 Å². The van der Waals surface area contributed by atoms with Gasteiger partial charge in [-0.1, -0.05) is 6.07 Å². The van der Waals surface area contributed by atoms with Gasteiger partial charge in [0.1, 0.15) is 11.9 Å². The van der Waals surface area contributed by atoms with E-state index in [-0.39, 0.29) is 18.9 Å². The first-order chi connectivity index (χ1) is 9.85. The average Bonchev–Trinajstić information content (AvgIpc) is 2.40. The zero-order valence-corrected chi connectivity index (χ0v) is 12.1. The number of hydrogen-bond acceptors (Lipinski definition) is 7. The monoisotopic (exact) mass is 313 g/mol. The number of anilines is 1. The average molecular weight is 313 g/mol. The molecule has 2 N–H and O–H groups in total. The normalized spacial score (nSPS) is 19.2. The predicted molar refractivity (Wildman–Crippen MR) is 73.7 cm³/mol. The molecule has 0 aliphatic carbocycles. The van der Waals surface area contributed by atoms with Gasteiger partial charge in [-0.05, 0) is 12.5 Å². The van der Waals surface area contributed by atoms with E-state index in [0.717, 1.165) is 6.26 Å². The fourth-order valence-electron chi connectivity index (χ4n) is 1.85. The minimum absolute atomic E-state index is 0.178. The molecule has 1 fully saturated rings. The second kappa shape index (κ2) is 6.19. The number of nitrogens with one attached hydrogen (secondary N) is 2. The summed E-state index contributed by atoms with van der Waals surface area (Å²) in [5.74, 6) is -0.373. The Labute approximate surface area is 122 Å². The summed E-state index contributed by atoms with van der Waals surface area (Å²) in [6, 6.07) is 2.69. The Morgan fingerprint density at radius 1 is 1.48 bits per heavy atom. The number of piperidine rings is 1. The molecular formula is C12H15N3O5S. The second-order valence-electron chi connectivity index (χ2n) is 4.63. The molecule has 2 rings (SSSR count). The number of rotatable bonds is 5. The first kappa shape index (κ1) is 15.4. The molecule has 9 heteroatoms. The van der Waals surface area contributed by atoms with Crippen molar-refractivity contribution in [2.75, 3.05) is 11.6 Å². The van der Waals surface area contributed by atoms with Crippen molar-refractivity contribution in [2.24, 2.45) is 0 Å². The summed E-state index contributed by atoms with van der Waals surface area (Å²) in [4.78, 5) is 26.9. The molecule has 2 heterocycles. The summed E-state index contributed by atoms with van der Waals surface area (Å²) in [5, 5.41) is 5.14. The number of pyridine rings is 1. The molecular weight excluding hydrogens is 298 g/mol. The zero-order chi connectivity index (χ0) is 15.5. The molecule has 0 saturated carbocycles. The Bertz CT molecular complexity index is 659. The number of aromatic nitrogens is 1. The molecule has 114 valence electrons. The van der Waals surface area contributed by atoms with Crippen LogP contribution in [0.2, 0.25) is 0 Å². The number of amides is 2. The Morgan fingerprint density at radius 3 is 2.90 bits per heavy atom. The highest BCUT2D eigenvalue weighted by Crippen LogP contribution is 2.17. The Kier molecular flexibility index (Phi) is 4.53. The molecule has 1 aliphatic heterocycles. The van der Waals surface area contributed by atoms with Gasteiger partial charge >= 0.3 is 0 Å². The van der Waals surface area contributed by atoms with E-state index >= 15 is 0 Å². The highest BCUT2D eigenvalue weighted by atomic mass is 32.2. The molecule has 1 saturated heterocycles. The van der Waals surface area contributed by atoms with Gasteiger partial charge in [0.2, 0.25) is 11.8 Å². The second-order valence-corrected chi connectivity index (χ2v) is 6.27. The van der Waals surface area contributed by atoms with Crippen LogP contribution in [0, 0.1) is 0 Å². The SMILES string of the molecule is CS(=O)(=O)OCc1cccnc1NC1CCC(=O)NC1=O. The maximum Gasteiger partial charge on any atom is 0.264 e. The molecule has 0 spiro atoms. The maximum absolute atomic E-state index is 11.7. The molecule has 21 heavy (non-hydrogen) atoms. The van der Waals surface area contributed by atoms with Crippen molar-refractivity contribution in [2.45, 2.75) is 25.5 Å². The molecule has 1 unspecified atom stereocenters. The van der Waals surface area contributed by atoms with Crippen LogP contribution in [0.3, 0.4) is 0 Å². The van der Waals surface area contributed by atoms with Crippen LogP contribution in [0.15, 0.2) is 18.3 Å². The van der Waals surface area contributed by atoms with Gasteiger partial charge < -0.3 is 5.32 Å². The fraction of sp³-hybridized carbons (Fsp3) is 0.417. The third kappa shape index (κ3) is 4.50. The van der Waals surface area contributed by atoms with Gasteiger partial charge in [0, 0.05) is 18.2 Å². The summed E-state index contributed by atoms with van der Waals surface area (Å²) in [6.07, 6.45) is 3.06. The molecule has 0 bridgehead atoms. The molecule has 1 aliphatic rings. The number of hydrogen-bond donors (Lipinski definition) is 2. The third-order valence-corrected chi connectivity index (χ3v) is 3.42. The molecule has 1 aromatic rings. The van der Waals surface area contributed by atoms with Gasteiger partial charge in [0.15, 0.2) is 0 Å². The molecule has 2 amide bonds. The van der Waals surface area contributed by atoms with E-state index in [1.54, 1.807) is 12.1 Å². The third-order valence-electron chi connectivity index (χ3n) is 2.87. The van der Waals surface area contributed by atoms with Crippen LogP contribution >= 0.6 is 0 Å². The van der Waals surface area contributed by atoms with Gasteiger partial charge in [0.05, 0.1) is 12.9 Å². The summed E-state index contributed by atoms with van der Waals surface area (Å²) >= 11 is 0. The van der Waals surface area contributed by atoms with Crippen LogP contribution in [-0.4, -0.2) is 37.5 Å². The van der Waals surface area contributed by atoms with Crippen molar-refractivity contribution in [1.29, 1.82) is 0 Å². The van der Waals surface area contributed by atoms with E-state index in [9.17, 15) is 18.0 Å². The van der Waals surface area contributed by atoms with E-state index in [1.165, 1.54) is 6.20 Å². The van der Waals surface area contributed by atoms with Crippen LogP contribution in [0.25, 0.3) is 0 Å². The molecule has 1 aromatic heterocycles. The number of imide groups is 1. The topological polar surface area (TPSA) is 114 Å². The first-order valence-electron chi connectivity index (χ1n) is 6.24. The Hall–Kier alpha value is -2.00. The highest BCUT2D eigenvalue weighted by molar-refractivity contribution is 7.85. The molecule has 0 aromatic carbocycles. The standard InChI is InChI=1S/C12H15N3O5S/c1-21(18,19)20-7-8-3-2-6-13-11(8)14-9-4-5-10(16)15-12(9)17/h2-3,6,9H,4-5,7H2,1H3,(H,13,14)(H,15,16,17). The predicted octanol–water partition coefficient (Wildman–Crippen LogP) is -0.225. The van der Waals surface area contributed by atoms with Gasteiger partial charge in [-0.25, -0.2) is 4.98 Å². The lowest BCUT2D eigenvalue weighted by atomic mass is 10.1. The van der Waals surface area contributed by atoms with Crippen LogP contribution < -0.4 is 10.6 Å². The van der Waals surface area contributed by atoms with Crippen LogP contribution in [0.4, 0.5) is 5.82 Å². The van der Waals surface area contributed by atoms with Crippen molar-refractivity contribution in [1.82, 2.24) is 10.3 Å². The molecule has 0 radical (unpaired) electrons. The van der Waals surface area contributed by atoms with Crippen LogP contribution in [0.5, 0.6) is 0 Å². The van der Waals surface area contributed by atoms with Crippen LogP contribution in [-0.2, 0) is 30.5 Å². The fourth-order valence-corrected chi connectivity index (χ4v) is 2.19. The minimum Gasteiger partial charge on any atom is -0.358 e. The lowest BCUT2D eigenvalue weighted by Crippen LogP contribution is -2.47. The molecule has 8 nitrogen and oxygen atoms in total. The highest BCUT2D eigenvalue weighted by Gasteiger charge is 2.27. The Balaban J connectivity index is 2.09. The van der Waals surface area contributed by atoms with Crippen molar-refractivity contribution in [3.8, 4) is 0 Å². The summed E-state index contributed by atoms with van der Waals surface area (Å²) < 4.78 is 26.8. The maximum atomic E-state index is 11.7. The summed E-state index contributed by atoms with van der Waals surface area (Å²) in [6.45, 7) is -0.178. The number of carbonyl (C=O) groups excluding carboxylic acids is 2. The van der Waals surface area contributed by atoms with Crippen molar-refractivity contribution < 1.29 is 22.2 Å². The largest absolute Gasteiger partial charge is 0.358 e. The van der Waals surface area contributed by atoms with Gasteiger partial charge in [-0.15, -0.1) is 0 Å². The van der Waals surface area contributed by atoms with E-state index < -0.39 is 22.1 Å². The minimum atomic E-state index is -3.57. The Morgan fingerprint density at radius 2 is 2.24 bits per heavy atom. The van der Waals surface area contributed by atoms with Gasteiger partial charge in [-0.2, -0.15) is 8.42 Å².